The van der Waals surface area contributed by atoms with Gasteiger partial charge in [0.05, 0.1) is 12.0 Å². The summed E-state index contributed by atoms with van der Waals surface area (Å²) in [7, 11) is 1.88. The number of piperidine rings is 1. The monoisotopic (exact) mass is 345 g/mol. The largest absolute Gasteiger partial charge is 0.389 e. The summed E-state index contributed by atoms with van der Waals surface area (Å²) in [6.07, 6.45) is 11.0. The SMILES string of the molecule is CN(CCC1CCN(c2ccncc2)CC1)C(=O)CC1(O)CCCC1. The molecular weight excluding hydrogens is 314 g/mol. The molecule has 1 amide bonds. The molecule has 0 spiro atoms. The lowest BCUT2D eigenvalue weighted by molar-refractivity contribution is -0.135. The highest BCUT2D eigenvalue weighted by Gasteiger charge is 2.34. The topological polar surface area (TPSA) is 56.7 Å². The number of aromatic nitrogens is 1. The minimum absolute atomic E-state index is 0.0959. The van der Waals surface area contributed by atoms with Crippen LogP contribution in [0, 0.1) is 5.92 Å². The molecule has 5 heteroatoms. The second kappa shape index (κ2) is 8.17. The van der Waals surface area contributed by atoms with E-state index in [-0.39, 0.29) is 5.91 Å². The standard InChI is InChI=1S/C20H31N3O2/c1-22(19(24)16-20(25)9-2-3-10-20)13-6-17-7-14-23(15-8-17)18-4-11-21-12-5-18/h4-5,11-12,17,25H,2-3,6-10,13-16H2,1H3. The molecule has 1 aliphatic carbocycles. The summed E-state index contributed by atoms with van der Waals surface area (Å²) in [4.78, 5) is 20.7. The molecule has 1 N–H and O–H groups in total. The first-order valence-electron chi connectivity index (χ1n) is 9.67. The van der Waals surface area contributed by atoms with Crippen molar-refractivity contribution in [3.8, 4) is 0 Å². The third-order valence-corrected chi connectivity index (χ3v) is 5.96. The third kappa shape index (κ3) is 4.94. The van der Waals surface area contributed by atoms with Gasteiger partial charge in [0.2, 0.25) is 5.91 Å². The normalized spacial score (nSPS) is 20.6. The van der Waals surface area contributed by atoms with Crippen LogP contribution >= 0.6 is 0 Å². The second-order valence-electron chi connectivity index (χ2n) is 7.85. The Morgan fingerprint density at radius 3 is 2.56 bits per heavy atom. The fourth-order valence-corrected chi connectivity index (χ4v) is 4.16. The molecule has 2 aliphatic rings. The number of carbonyl (C=O) groups is 1. The fraction of sp³-hybridized carbons (Fsp3) is 0.700. The molecule has 0 aromatic carbocycles. The van der Waals surface area contributed by atoms with Gasteiger partial charge >= 0.3 is 0 Å². The molecule has 0 radical (unpaired) electrons. The molecule has 1 saturated heterocycles. The van der Waals surface area contributed by atoms with Crippen molar-refractivity contribution in [2.75, 3.05) is 31.6 Å². The average Bonchev–Trinajstić information content (AvgIpc) is 3.07. The molecular formula is C20H31N3O2. The number of carbonyl (C=O) groups excluding carboxylic acids is 1. The van der Waals surface area contributed by atoms with Crippen LogP contribution in [-0.2, 0) is 4.79 Å². The summed E-state index contributed by atoms with van der Waals surface area (Å²) in [6, 6.07) is 4.14. The Morgan fingerprint density at radius 1 is 1.28 bits per heavy atom. The smallest absolute Gasteiger partial charge is 0.225 e. The number of nitrogens with zero attached hydrogens (tertiary/aromatic N) is 3. The summed E-state index contributed by atoms with van der Waals surface area (Å²) in [5.41, 5.74) is 0.520. The first-order chi connectivity index (χ1) is 12.1. The maximum Gasteiger partial charge on any atom is 0.225 e. The Bertz CT molecular complexity index is 549. The van der Waals surface area contributed by atoms with Crippen LogP contribution in [-0.4, -0.2) is 53.2 Å². The molecule has 1 saturated carbocycles. The van der Waals surface area contributed by atoms with Crippen LogP contribution < -0.4 is 4.90 Å². The maximum absolute atomic E-state index is 12.4. The highest BCUT2D eigenvalue weighted by atomic mass is 16.3. The van der Waals surface area contributed by atoms with Gasteiger partial charge in [0.25, 0.3) is 0 Å². The van der Waals surface area contributed by atoms with Crippen LogP contribution in [0.4, 0.5) is 5.69 Å². The van der Waals surface area contributed by atoms with Crippen molar-refractivity contribution in [2.45, 2.75) is 57.0 Å². The van der Waals surface area contributed by atoms with Crippen LogP contribution in [0.25, 0.3) is 0 Å². The van der Waals surface area contributed by atoms with Crippen molar-refractivity contribution in [1.29, 1.82) is 0 Å². The van der Waals surface area contributed by atoms with Gasteiger partial charge in [-0.3, -0.25) is 9.78 Å². The minimum atomic E-state index is -0.735. The van der Waals surface area contributed by atoms with Crippen LogP contribution in [0.2, 0.25) is 0 Å². The number of aliphatic hydroxyl groups is 1. The summed E-state index contributed by atoms with van der Waals surface area (Å²) in [5.74, 6) is 0.779. The number of rotatable bonds is 6. The van der Waals surface area contributed by atoms with E-state index in [4.69, 9.17) is 0 Å². The molecule has 0 atom stereocenters. The van der Waals surface area contributed by atoms with Crippen LogP contribution in [0.5, 0.6) is 0 Å². The Kier molecular flexibility index (Phi) is 5.94. The van der Waals surface area contributed by atoms with E-state index < -0.39 is 5.60 Å². The first kappa shape index (κ1) is 18.2. The molecule has 5 nitrogen and oxygen atoms in total. The Labute approximate surface area is 151 Å². The lowest BCUT2D eigenvalue weighted by Gasteiger charge is -2.34. The van der Waals surface area contributed by atoms with Gasteiger partial charge in [-0.15, -0.1) is 0 Å². The molecule has 3 rings (SSSR count). The Hall–Kier alpha value is -1.62. The highest BCUT2D eigenvalue weighted by molar-refractivity contribution is 5.77. The van der Waals surface area contributed by atoms with Gasteiger partial charge in [0.1, 0.15) is 0 Å². The lowest BCUT2D eigenvalue weighted by atomic mass is 9.92. The summed E-state index contributed by atoms with van der Waals surface area (Å²) >= 11 is 0. The van der Waals surface area contributed by atoms with E-state index in [0.29, 0.717) is 12.3 Å². The van der Waals surface area contributed by atoms with E-state index in [1.165, 1.54) is 18.5 Å². The maximum atomic E-state index is 12.4. The summed E-state index contributed by atoms with van der Waals surface area (Å²) < 4.78 is 0. The van der Waals surface area contributed by atoms with Crippen molar-refractivity contribution < 1.29 is 9.90 Å². The molecule has 25 heavy (non-hydrogen) atoms. The minimum Gasteiger partial charge on any atom is -0.389 e. The lowest BCUT2D eigenvalue weighted by Crippen LogP contribution is -2.38. The molecule has 2 fully saturated rings. The predicted octanol–water partition coefficient (Wildman–Crippen LogP) is 2.84. The molecule has 1 aliphatic heterocycles. The van der Waals surface area contributed by atoms with E-state index in [1.54, 1.807) is 0 Å². The van der Waals surface area contributed by atoms with Crippen molar-refractivity contribution in [3.63, 3.8) is 0 Å². The third-order valence-electron chi connectivity index (χ3n) is 5.96. The van der Waals surface area contributed by atoms with Gasteiger partial charge in [-0.05, 0) is 50.2 Å². The van der Waals surface area contributed by atoms with Gasteiger partial charge in [-0.2, -0.15) is 0 Å². The molecule has 0 unspecified atom stereocenters. The fourth-order valence-electron chi connectivity index (χ4n) is 4.16. The quantitative estimate of drug-likeness (QED) is 0.861. The van der Waals surface area contributed by atoms with E-state index in [2.05, 4.69) is 22.0 Å². The number of anilines is 1. The van der Waals surface area contributed by atoms with E-state index >= 15 is 0 Å². The Morgan fingerprint density at radius 2 is 1.92 bits per heavy atom. The zero-order valence-electron chi connectivity index (χ0n) is 15.4. The van der Waals surface area contributed by atoms with Gasteiger partial charge in [0.15, 0.2) is 0 Å². The van der Waals surface area contributed by atoms with Crippen molar-refractivity contribution in [2.24, 2.45) is 5.92 Å². The zero-order chi connectivity index (χ0) is 17.7. The summed E-state index contributed by atoms with van der Waals surface area (Å²) in [6.45, 7) is 2.95. The Balaban J connectivity index is 1.38. The molecule has 138 valence electrons. The van der Waals surface area contributed by atoms with Gasteiger partial charge in [0, 0.05) is 44.8 Å². The number of hydrogen-bond acceptors (Lipinski definition) is 4. The molecule has 2 heterocycles. The molecule has 1 aromatic rings. The average molecular weight is 345 g/mol. The van der Waals surface area contributed by atoms with Crippen LogP contribution in [0.15, 0.2) is 24.5 Å². The van der Waals surface area contributed by atoms with Gasteiger partial charge < -0.3 is 14.9 Å². The zero-order valence-corrected chi connectivity index (χ0v) is 15.4. The van der Waals surface area contributed by atoms with Gasteiger partial charge in [-0.1, -0.05) is 12.8 Å². The van der Waals surface area contributed by atoms with Crippen LogP contribution in [0.3, 0.4) is 0 Å². The second-order valence-corrected chi connectivity index (χ2v) is 7.85. The summed E-state index contributed by atoms with van der Waals surface area (Å²) in [5, 5.41) is 10.4. The van der Waals surface area contributed by atoms with Gasteiger partial charge in [-0.25, -0.2) is 0 Å². The van der Waals surface area contributed by atoms with Crippen molar-refractivity contribution in [3.05, 3.63) is 24.5 Å². The van der Waals surface area contributed by atoms with E-state index in [9.17, 15) is 9.90 Å². The number of hydrogen-bond donors (Lipinski definition) is 1. The number of pyridine rings is 1. The highest BCUT2D eigenvalue weighted by Crippen LogP contribution is 2.33. The van der Waals surface area contributed by atoms with Crippen molar-refractivity contribution in [1.82, 2.24) is 9.88 Å². The van der Waals surface area contributed by atoms with Crippen molar-refractivity contribution >= 4 is 11.6 Å². The van der Waals surface area contributed by atoms with Crippen LogP contribution in [0.1, 0.15) is 51.4 Å². The molecule has 0 bridgehead atoms. The first-order valence-corrected chi connectivity index (χ1v) is 9.67. The van der Waals surface area contributed by atoms with E-state index in [1.807, 2.05) is 24.3 Å². The van der Waals surface area contributed by atoms with E-state index in [0.717, 1.165) is 51.7 Å². The molecule has 1 aromatic heterocycles. The number of amides is 1. The predicted molar refractivity (Wildman–Crippen MR) is 99.5 cm³/mol.